The summed E-state index contributed by atoms with van der Waals surface area (Å²) in [5.41, 5.74) is 29.9. The van der Waals surface area contributed by atoms with Gasteiger partial charge in [-0.3, -0.25) is 0 Å². The van der Waals surface area contributed by atoms with Crippen LogP contribution in [-0.2, 0) is 0 Å². The molecule has 0 spiro atoms. The Hall–Kier alpha value is -17.9. The maximum atomic E-state index is 6.55. The molecule has 0 aliphatic heterocycles. The van der Waals surface area contributed by atoms with Crippen molar-refractivity contribution in [3.8, 4) is 66.8 Å². The molecule has 26 aromatic rings. The summed E-state index contributed by atoms with van der Waals surface area (Å²) in [6.07, 6.45) is 0. The fourth-order valence-corrected chi connectivity index (χ4v) is 20.1. The zero-order valence-corrected chi connectivity index (χ0v) is 77.4. The van der Waals surface area contributed by atoms with Crippen LogP contribution in [0.5, 0.6) is 0 Å². The van der Waals surface area contributed by atoms with E-state index in [2.05, 4.69) is 564 Å². The average Bonchev–Trinajstić information content (AvgIpc) is 1.59. The largest absolute Gasteiger partial charge is 0.455 e. The molecule has 0 bridgehead atoms. The van der Waals surface area contributed by atoms with Crippen molar-refractivity contribution in [1.82, 2.24) is 0 Å². The van der Waals surface area contributed by atoms with Crippen molar-refractivity contribution in [2.24, 2.45) is 0 Å². The number of furan rings is 2. The van der Waals surface area contributed by atoms with Crippen molar-refractivity contribution < 1.29 is 8.83 Å². The Kier molecular flexibility index (Phi) is 22.5. The van der Waals surface area contributed by atoms with Gasteiger partial charge in [0.1, 0.15) is 22.3 Å². The second-order valence-electron chi connectivity index (χ2n) is 35.2. The molecule has 139 heavy (non-hydrogen) atoms. The maximum absolute atomic E-state index is 6.55. The Balaban J connectivity index is 0.000000132. The monoisotopic (exact) mass is 1840 g/mol. The number of nitrogens with one attached hydrogen (secondary N) is 1. The van der Waals surface area contributed by atoms with Crippen LogP contribution in [0.2, 0.25) is 0 Å². The second kappa shape index (κ2) is 37.2. The second-order valence-corrected chi connectivity index (χ2v) is 36.1. The van der Waals surface area contributed by atoms with Gasteiger partial charge in [-0.2, -0.15) is 0 Å². The van der Waals surface area contributed by atoms with Gasteiger partial charge in [0.15, 0.2) is 0 Å². The molecule has 7 heteroatoms. The van der Waals surface area contributed by atoms with E-state index in [0.29, 0.717) is 0 Å². The third-order valence-corrected chi connectivity index (χ3v) is 27.4. The molecular weight excluding hydrogens is 1750 g/mol. The first-order valence-corrected chi connectivity index (χ1v) is 47.9. The van der Waals surface area contributed by atoms with Crippen LogP contribution in [0.15, 0.2) is 547 Å². The van der Waals surface area contributed by atoms with Crippen LogP contribution in [-0.4, -0.2) is 0 Å². The predicted molar refractivity (Wildman–Crippen MR) is 593 cm³/mol. The number of halogens is 1. The standard InChI is InChI=1S/C66H44N2O.C50H34N2O.C16H11Br/c1-2-12-45(13-3-1)46-24-33-53(34-25-46)67(55-39-30-52(31-40-55)59-22-10-17-49-14-4-7-19-58(49)59)54-35-26-47(27-36-54)48-28-37-56(38-29-48)68(64-23-11-18-50-15-5-8-20-60(50)64)57-41-43-65-63(44-57)62-42-32-51-16-6-9-21-61(51)66(62)69-65;1-2-9-34(10-3-1)35-17-24-40(25-18-35)51-41-26-19-36(20-27-41)37-21-28-42(29-22-37)52(48-16-8-13-38-11-4-6-14-44(38)48)43-30-32-49-47(33-43)46-31-23-39-12-5-7-15-45(39)50(46)53-49;17-14-10-8-13(9-11-14)16-7-3-5-12-4-1-2-6-15(12)16/h1-44H;1-33,51H;1-11H. The molecule has 0 atom stereocenters. The fourth-order valence-electron chi connectivity index (χ4n) is 19.9. The highest BCUT2D eigenvalue weighted by atomic mass is 79.9. The van der Waals surface area contributed by atoms with E-state index in [1.807, 2.05) is 6.07 Å². The predicted octanol–water partition coefficient (Wildman–Crippen LogP) is 38.7. The molecule has 0 aliphatic rings. The Morgan fingerprint density at radius 2 is 0.424 bits per heavy atom. The van der Waals surface area contributed by atoms with Gasteiger partial charge >= 0.3 is 0 Å². The lowest BCUT2D eigenvalue weighted by atomic mass is 9.98. The Morgan fingerprint density at radius 1 is 0.165 bits per heavy atom. The molecule has 0 amide bonds. The molecule has 1 N–H and O–H groups in total. The lowest BCUT2D eigenvalue weighted by molar-refractivity contribution is 0.672. The molecule has 0 radical (unpaired) electrons. The van der Waals surface area contributed by atoms with Crippen molar-refractivity contribution in [3.63, 3.8) is 0 Å². The summed E-state index contributed by atoms with van der Waals surface area (Å²) in [4.78, 5) is 7.08. The normalized spacial score (nSPS) is 11.3. The minimum absolute atomic E-state index is 0.877. The first kappa shape index (κ1) is 84.1. The first-order chi connectivity index (χ1) is 68.8. The summed E-state index contributed by atoms with van der Waals surface area (Å²) in [6, 6.07) is 191. The van der Waals surface area contributed by atoms with Gasteiger partial charge in [-0.1, -0.05) is 392 Å². The van der Waals surface area contributed by atoms with E-state index in [1.54, 1.807) is 0 Å². The quantitative estimate of drug-likeness (QED) is 0.0980. The lowest BCUT2D eigenvalue weighted by Gasteiger charge is -2.27. The van der Waals surface area contributed by atoms with E-state index in [9.17, 15) is 0 Å². The van der Waals surface area contributed by atoms with Crippen LogP contribution < -0.4 is 20.0 Å². The number of fused-ring (bicyclic) bond motifs is 14. The number of benzene rings is 24. The van der Waals surface area contributed by atoms with E-state index in [-0.39, 0.29) is 0 Å². The Morgan fingerprint density at radius 3 is 0.784 bits per heavy atom. The highest BCUT2D eigenvalue weighted by Gasteiger charge is 2.24. The van der Waals surface area contributed by atoms with Crippen LogP contribution >= 0.6 is 15.9 Å². The Bertz CT molecular complexity index is 8980. The Labute approximate surface area is 814 Å². The van der Waals surface area contributed by atoms with Gasteiger partial charge in [0, 0.05) is 98.7 Å². The van der Waals surface area contributed by atoms with Crippen molar-refractivity contribution in [1.29, 1.82) is 0 Å². The van der Waals surface area contributed by atoms with E-state index in [4.69, 9.17) is 8.83 Å². The molecule has 2 heterocycles. The molecule has 0 unspecified atom stereocenters. The summed E-state index contributed by atoms with van der Waals surface area (Å²) >= 11 is 3.47. The summed E-state index contributed by atoms with van der Waals surface area (Å²) in [5.74, 6) is 0. The van der Waals surface area contributed by atoms with E-state index >= 15 is 0 Å². The van der Waals surface area contributed by atoms with Gasteiger partial charge in [0.05, 0.1) is 11.4 Å². The molecule has 0 aliphatic carbocycles. The van der Waals surface area contributed by atoms with E-state index < -0.39 is 0 Å². The van der Waals surface area contributed by atoms with Crippen molar-refractivity contribution >= 4 is 187 Å². The molecule has 656 valence electrons. The topological polar surface area (TPSA) is 48.0 Å². The van der Waals surface area contributed by atoms with Crippen molar-refractivity contribution in [3.05, 3.63) is 538 Å². The number of hydrogen-bond donors (Lipinski definition) is 1. The van der Waals surface area contributed by atoms with Crippen LogP contribution in [0.1, 0.15) is 0 Å². The summed E-state index contributed by atoms with van der Waals surface area (Å²) in [7, 11) is 0. The third kappa shape index (κ3) is 16.8. The lowest BCUT2D eigenvalue weighted by Crippen LogP contribution is -2.10. The van der Waals surface area contributed by atoms with E-state index in [0.717, 1.165) is 144 Å². The van der Waals surface area contributed by atoms with Gasteiger partial charge in [0.2, 0.25) is 0 Å². The van der Waals surface area contributed by atoms with E-state index in [1.165, 1.54) is 98.4 Å². The van der Waals surface area contributed by atoms with Gasteiger partial charge in [-0.15, -0.1) is 0 Å². The number of nitrogens with zero attached hydrogens (tertiary/aromatic N) is 3. The molecule has 0 saturated heterocycles. The van der Waals surface area contributed by atoms with Crippen molar-refractivity contribution in [2.75, 3.05) is 20.0 Å². The molecule has 0 fully saturated rings. The molecule has 26 rings (SSSR count). The highest BCUT2D eigenvalue weighted by Crippen LogP contribution is 2.48. The third-order valence-electron chi connectivity index (χ3n) is 26.8. The minimum atomic E-state index is 0.877. The zero-order chi connectivity index (χ0) is 92.5. The number of rotatable bonds is 17. The average molecular weight is 1840 g/mol. The van der Waals surface area contributed by atoms with Gasteiger partial charge in [-0.05, 0) is 268 Å². The first-order valence-electron chi connectivity index (χ1n) is 47.1. The number of hydrogen-bond acceptors (Lipinski definition) is 6. The SMILES string of the molecule is Brc1ccc(-c2cccc3ccccc23)cc1.c1ccc(-c2ccc(N(c3ccc(-c4ccc(N(c5ccc6oc7c8ccccc8ccc7c6c5)c5cccc6ccccc56)cc4)cc3)c3ccc(-c4cccc5ccccc45)cc3)cc2)cc1.c1ccc(-c2ccc(Nc3ccc(-c4ccc(N(c5ccc6oc7c8ccccc8ccc7c6c5)c5cccc6ccccc56)cc4)cc3)cc2)cc1. The summed E-state index contributed by atoms with van der Waals surface area (Å²) < 4.78 is 14.2. The van der Waals surface area contributed by atoms with Crippen LogP contribution in [0.25, 0.3) is 175 Å². The molecule has 0 saturated carbocycles. The van der Waals surface area contributed by atoms with Gasteiger partial charge in [-0.25, -0.2) is 0 Å². The molecule has 2 aromatic heterocycles. The zero-order valence-electron chi connectivity index (χ0n) is 75.8. The highest BCUT2D eigenvalue weighted by molar-refractivity contribution is 9.10. The van der Waals surface area contributed by atoms with Crippen molar-refractivity contribution in [2.45, 2.75) is 0 Å². The maximum Gasteiger partial charge on any atom is 0.143 e. The van der Waals surface area contributed by atoms with Crippen LogP contribution in [0.3, 0.4) is 0 Å². The summed E-state index contributed by atoms with van der Waals surface area (Å²) in [6.45, 7) is 0. The van der Waals surface area contributed by atoms with Crippen LogP contribution in [0, 0.1) is 0 Å². The fraction of sp³-hybridized carbons (Fsp3) is 0. The molecule has 6 nitrogen and oxygen atoms in total. The number of anilines is 11. The molecule has 24 aromatic carbocycles. The van der Waals surface area contributed by atoms with Gasteiger partial charge < -0.3 is 28.9 Å². The summed E-state index contributed by atoms with van der Waals surface area (Å²) in [5, 5.41) is 22.4. The minimum Gasteiger partial charge on any atom is -0.455 e. The van der Waals surface area contributed by atoms with Crippen LogP contribution in [0.4, 0.5) is 62.6 Å². The van der Waals surface area contributed by atoms with Gasteiger partial charge in [0.25, 0.3) is 0 Å². The molecular formula is C132H89BrN4O2. The smallest absolute Gasteiger partial charge is 0.143 e.